The molecule has 0 aliphatic heterocycles. The monoisotopic (exact) mass is 301 g/mol. The number of rotatable bonds is 5. The first-order chi connectivity index (χ1) is 9.99. The van der Waals surface area contributed by atoms with E-state index in [1.807, 2.05) is 6.07 Å². The van der Waals surface area contributed by atoms with Crippen molar-refractivity contribution >= 4 is 11.8 Å². The minimum atomic E-state index is 0.874. The van der Waals surface area contributed by atoms with Gasteiger partial charge in [0.15, 0.2) is 0 Å². The molecular formula is C18H23NOS. The molecule has 0 aromatic heterocycles. The Balaban J connectivity index is 2.28. The molecule has 112 valence electrons. The molecule has 0 unspecified atom stereocenters. The first kappa shape index (κ1) is 15.9. The predicted molar refractivity (Wildman–Crippen MR) is 91.6 cm³/mol. The van der Waals surface area contributed by atoms with Gasteiger partial charge in [-0.25, -0.2) is 0 Å². The lowest BCUT2D eigenvalue weighted by atomic mass is 10.1. The maximum Gasteiger partial charge on any atom is 0.131 e. The van der Waals surface area contributed by atoms with Gasteiger partial charge in [-0.1, -0.05) is 17.7 Å². The Bertz CT molecular complexity index is 623. The van der Waals surface area contributed by atoms with E-state index in [0.717, 1.165) is 18.0 Å². The van der Waals surface area contributed by atoms with Crippen LogP contribution >= 0.6 is 11.8 Å². The molecule has 0 spiro atoms. The molecule has 2 rings (SSSR count). The Morgan fingerprint density at radius 2 is 1.81 bits per heavy atom. The van der Waals surface area contributed by atoms with Crippen LogP contribution in [0, 0.1) is 13.8 Å². The minimum absolute atomic E-state index is 0.874. The van der Waals surface area contributed by atoms with Crippen LogP contribution < -0.4 is 4.74 Å². The van der Waals surface area contributed by atoms with Crippen molar-refractivity contribution in [3.63, 3.8) is 0 Å². The molecule has 2 nitrogen and oxygen atoms in total. The molecule has 2 aromatic rings. The molecule has 3 heteroatoms. The molecule has 21 heavy (non-hydrogen) atoms. The predicted octanol–water partition coefficient (Wildman–Crippen LogP) is 4.88. The number of hydrogen-bond acceptors (Lipinski definition) is 3. The van der Waals surface area contributed by atoms with E-state index in [9.17, 15) is 0 Å². The SMILES string of the molecule is CSc1ccc(Oc2ccc(C)cc2CN(C)C)cc1C. The summed E-state index contributed by atoms with van der Waals surface area (Å²) in [7, 11) is 4.15. The van der Waals surface area contributed by atoms with Crippen molar-refractivity contribution < 1.29 is 4.74 Å². The van der Waals surface area contributed by atoms with Crippen LogP contribution in [0.15, 0.2) is 41.3 Å². The molecule has 0 bridgehead atoms. The molecule has 0 saturated heterocycles. The quantitative estimate of drug-likeness (QED) is 0.730. The Hall–Kier alpha value is -1.45. The third-order valence-corrected chi connectivity index (χ3v) is 4.19. The highest BCUT2D eigenvalue weighted by molar-refractivity contribution is 7.98. The van der Waals surface area contributed by atoms with Gasteiger partial charge >= 0.3 is 0 Å². The van der Waals surface area contributed by atoms with Gasteiger partial charge in [-0.05, 0) is 64.0 Å². The average molecular weight is 301 g/mol. The maximum absolute atomic E-state index is 6.11. The van der Waals surface area contributed by atoms with Gasteiger partial charge in [0.25, 0.3) is 0 Å². The summed E-state index contributed by atoms with van der Waals surface area (Å²) in [5.41, 5.74) is 3.72. The van der Waals surface area contributed by atoms with Gasteiger partial charge in [-0.2, -0.15) is 0 Å². The van der Waals surface area contributed by atoms with Gasteiger partial charge in [-0.15, -0.1) is 11.8 Å². The van der Waals surface area contributed by atoms with E-state index in [2.05, 4.69) is 69.4 Å². The fraction of sp³-hybridized carbons (Fsp3) is 0.333. The largest absolute Gasteiger partial charge is 0.457 e. The lowest BCUT2D eigenvalue weighted by Crippen LogP contribution is -2.11. The molecule has 0 fully saturated rings. The van der Waals surface area contributed by atoms with Crippen molar-refractivity contribution in [2.75, 3.05) is 20.4 Å². The van der Waals surface area contributed by atoms with E-state index in [1.165, 1.54) is 21.6 Å². The topological polar surface area (TPSA) is 12.5 Å². The summed E-state index contributed by atoms with van der Waals surface area (Å²) in [6.07, 6.45) is 2.10. The molecule has 0 amide bonds. The highest BCUT2D eigenvalue weighted by Gasteiger charge is 2.08. The first-order valence-corrected chi connectivity index (χ1v) is 8.29. The summed E-state index contributed by atoms with van der Waals surface area (Å²) in [6, 6.07) is 12.6. The fourth-order valence-corrected chi connectivity index (χ4v) is 2.90. The van der Waals surface area contributed by atoms with Crippen LogP contribution in [0.4, 0.5) is 0 Å². The molecule has 2 aromatic carbocycles. The van der Waals surface area contributed by atoms with Crippen molar-refractivity contribution in [2.45, 2.75) is 25.3 Å². The van der Waals surface area contributed by atoms with Crippen LogP contribution in [0.1, 0.15) is 16.7 Å². The van der Waals surface area contributed by atoms with E-state index in [0.29, 0.717) is 0 Å². The van der Waals surface area contributed by atoms with Crippen LogP contribution in [0.5, 0.6) is 11.5 Å². The number of benzene rings is 2. The number of thioether (sulfide) groups is 1. The zero-order valence-electron chi connectivity index (χ0n) is 13.4. The van der Waals surface area contributed by atoms with E-state index < -0.39 is 0 Å². The summed E-state index contributed by atoms with van der Waals surface area (Å²) in [4.78, 5) is 3.45. The second kappa shape index (κ2) is 7.01. The third-order valence-electron chi connectivity index (χ3n) is 3.30. The zero-order valence-corrected chi connectivity index (χ0v) is 14.3. The Kier molecular flexibility index (Phi) is 5.32. The van der Waals surface area contributed by atoms with Gasteiger partial charge in [-0.3, -0.25) is 0 Å². The summed E-state index contributed by atoms with van der Waals surface area (Å²) in [6.45, 7) is 5.10. The molecule has 0 atom stereocenters. The van der Waals surface area contributed by atoms with Gasteiger partial charge in [0.2, 0.25) is 0 Å². The second-order valence-corrected chi connectivity index (χ2v) is 6.43. The maximum atomic E-state index is 6.11. The normalized spacial score (nSPS) is 11.0. The van der Waals surface area contributed by atoms with Crippen molar-refractivity contribution in [1.82, 2.24) is 4.90 Å². The van der Waals surface area contributed by atoms with Crippen LogP contribution in [0.25, 0.3) is 0 Å². The lowest BCUT2D eigenvalue weighted by molar-refractivity contribution is 0.388. The molecule has 0 N–H and O–H groups in total. The van der Waals surface area contributed by atoms with Gasteiger partial charge in [0, 0.05) is 17.0 Å². The van der Waals surface area contributed by atoms with Crippen LogP contribution in [-0.4, -0.2) is 25.3 Å². The summed E-state index contributed by atoms with van der Waals surface area (Å²) in [5.74, 6) is 1.83. The van der Waals surface area contributed by atoms with Crippen LogP contribution in [0.2, 0.25) is 0 Å². The second-order valence-electron chi connectivity index (χ2n) is 5.58. The van der Waals surface area contributed by atoms with Crippen molar-refractivity contribution in [1.29, 1.82) is 0 Å². The molecule has 0 heterocycles. The highest BCUT2D eigenvalue weighted by Crippen LogP contribution is 2.30. The van der Waals surface area contributed by atoms with Crippen molar-refractivity contribution in [2.24, 2.45) is 0 Å². The zero-order chi connectivity index (χ0) is 15.4. The first-order valence-electron chi connectivity index (χ1n) is 7.06. The van der Waals surface area contributed by atoms with Gasteiger partial charge in [0.05, 0.1) is 0 Å². The van der Waals surface area contributed by atoms with Gasteiger partial charge < -0.3 is 9.64 Å². The van der Waals surface area contributed by atoms with Crippen molar-refractivity contribution in [3.05, 3.63) is 53.1 Å². The third kappa shape index (κ3) is 4.26. The lowest BCUT2D eigenvalue weighted by Gasteiger charge is -2.16. The molecule has 0 aliphatic rings. The molecule has 0 saturated carbocycles. The van der Waals surface area contributed by atoms with Crippen molar-refractivity contribution in [3.8, 4) is 11.5 Å². The summed E-state index contributed by atoms with van der Waals surface area (Å²) in [5, 5.41) is 0. The molecular weight excluding hydrogens is 278 g/mol. The van der Waals surface area contributed by atoms with E-state index in [-0.39, 0.29) is 0 Å². The number of hydrogen-bond donors (Lipinski definition) is 0. The highest BCUT2D eigenvalue weighted by atomic mass is 32.2. The number of aryl methyl sites for hydroxylation is 2. The minimum Gasteiger partial charge on any atom is -0.457 e. The fourth-order valence-electron chi connectivity index (χ4n) is 2.31. The Labute approximate surface area is 132 Å². The van der Waals surface area contributed by atoms with E-state index >= 15 is 0 Å². The standard InChI is InChI=1S/C18H23NOS/c1-13-6-8-17(15(10-13)12-19(3)4)20-16-7-9-18(21-5)14(2)11-16/h6-11H,12H2,1-5H3. The Morgan fingerprint density at radius 3 is 2.43 bits per heavy atom. The smallest absolute Gasteiger partial charge is 0.131 e. The Morgan fingerprint density at radius 1 is 1.05 bits per heavy atom. The number of ether oxygens (including phenoxy) is 1. The van der Waals surface area contributed by atoms with E-state index in [4.69, 9.17) is 4.74 Å². The van der Waals surface area contributed by atoms with Crippen LogP contribution in [0.3, 0.4) is 0 Å². The van der Waals surface area contributed by atoms with Gasteiger partial charge in [0.1, 0.15) is 11.5 Å². The molecule has 0 aliphatic carbocycles. The summed E-state index contributed by atoms with van der Waals surface area (Å²) < 4.78 is 6.11. The summed E-state index contributed by atoms with van der Waals surface area (Å²) >= 11 is 1.76. The van der Waals surface area contributed by atoms with E-state index in [1.54, 1.807) is 11.8 Å². The number of nitrogens with zero attached hydrogens (tertiary/aromatic N) is 1. The average Bonchev–Trinajstić information content (AvgIpc) is 2.41. The molecule has 0 radical (unpaired) electrons. The van der Waals surface area contributed by atoms with Crippen LogP contribution in [-0.2, 0) is 6.54 Å².